The molecule has 0 nitrogen and oxygen atoms in total. The molecule has 0 heteroatoms. The molecule has 28 heavy (non-hydrogen) atoms. The first kappa shape index (κ1) is 27.7. The van der Waals surface area contributed by atoms with E-state index in [4.69, 9.17) is 0 Å². The molecule has 0 saturated carbocycles. The average Bonchev–Trinajstić information content (AvgIpc) is 2.71. The van der Waals surface area contributed by atoms with E-state index in [1.54, 1.807) is 0 Å². The Labute approximate surface area is 180 Å². The molecule has 0 aliphatic rings. The van der Waals surface area contributed by atoms with E-state index in [1.807, 2.05) is 0 Å². The molecule has 0 rings (SSSR count). The third kappa shape index (κ3) is 25.7. The molecule has 0 aliphatic heterocycles. The van der Waals surface area contributed by atoms with Crippen molar-refractivity contribution in [3.05, 3.63) is 12.2 Å². The zero-order valence-electron chi connectivity index (χ0n) is 20.1. The molecule has 0 amide bonds. The van der Waals surface area contributed by atoms with Crippen molar-refractivity contribution in [2.75, 3.05) is 0 Å². The first-order valence-electron chi connectivity index (χ1n) is 13.6. The third-order valence-electron chi connectivity index (χ3n) is 6.12. The van der Waals surface area contributed by atoms with E-state index in [9.17, 15) is 0 Å². The standard InChI is InChI=1S/C28H56/c1-3-5-7-9-11-13-15-17-19-21-23-25-27-28-26-24-22-20-18-16-14-12-10-8-6-4-2/h25,27H,3-24,26,28H2,1-2H3/b27-25-. The SMILES string of the molecule is CCCCCCCCCCCC/C=C\CCCCCCCCCCCCCC. The van der Waals surface area contributed by atoms with Gasteiger partial charge in [0.25, 0.3) is 0 Å². The lowest BCUT2D eigenvalue weighted by atomic mass is 10.0. The normalized spacial score (nSPS) is 11.6. The fraction of sp³-hybridized carbons (Fsp3) is 0.929. The maximum Gasteiger partial charge on any atom is -0.0351 e. The van der Waals surface area contributed by atoms with Gasteiger partial charge in [-0.3, -0.25) is 0 Å². The summed E-state index contributed by atoms with van der Waals surface area (Å²) in [6.07, 6.45) is 39.4. The lowest BCUT2D eigenvalue weighted by Crippen LogP contribution is -1.82. The van der Waals surface area contributed by atoms with Crippen LogP contribution < -0.4 is 0 Å². The van der Waals surface area contributed by atoms with Crippen molar-refractivity contribution in [1.29, 1.82) is 0 Å². The summed E-state index contributed by atoms with van der Waals surface area (Å²) >= 11 is 0. The molecule has 0 aliphatic carbocycles. The van der Waals surface area contributed by atoms with Crippen LogP contribution in [0.2, 0.25) is 0 Å². The van der Waals surface area contributed by atoms with Crippen LogP contribution in [0.5, 0.6) is 0 Å². The summed E-state index contributed by atoms with van der Waals surface area (Å²) in [4.78, 5) is 0. The average molecular weight is 393 g/mol. The fourth-order valence-corrected chi connectivity index (χ4v) is 4.09. The monoisotopic (exact) mass is 392 g/mol. The third-order valence-corrected chi connectivity index (χ3v) is 6.12. The van der Waals surface area contributed by atoms with Crippen molar-refractivity contribution in [2.45, 2.75) is 168 Å². The highest BCUT2D eigenvalue weighted by Gasteiger charge is 1.94. The van der Waals surface area contributed by atoms with Gasteiger partial charge in [-0.2, -0.15) is 0 Å². The van der Waals surface area contributed by atoms with Crippen LogP contribution in [0.3, 0.4) is 0 Å². The lowest BCUT2D eigenvalue weighted by Gasteiger charge is -2.02. The van der Waals surface area contributed by atoms with Gasteiger partial charge < -0.3 is 0 Å². The molecular formula is C28H56. The second kappa shape index (κ2) is 26.7. The predicted octanol–water partition coefficient (Wildman–Crippen LogP) is 10.9. The smallest absolute Gasteiger partial charge is 0.0351 e. The predicted molar refractivity (Wildman–Crippen MR) is 131 cm³/mol. The molecule has 0 spiro atoms. The Morgan fingerprint density at radius 1 is 0.286 bits per heavy atom. The Morgan fingerprint density at radius 3 is 0.750 bits per heavy atom. The van der Waals surface area contributed by atoms with Crippen molar-refractivity contribution in [2.24, 2.45) is 0 Å². The Hall–Kier alpha value is -0.260. The van der Waals surface area contributed by atoms with Gasteiger partial charge in [0, 0.05) is 0 Å². The van der Waals surface area contributed by atoms with Gasteiger partial charge in [-0.25, -0.2) is 0 Å². The van der Waals surface area contributed by atoms with Crippen LogP contribution in [0.15, 0.2) is 12.2 Å². The van der Waals surface area contributed by atoms with Crippen molar-refractivity contribution >= 4 is 0 Å². The summed E-state index contributed by atoms with van der Waals surface area (Å²) < 4.78 is 0. The van der Waals surface area contributed by atoms with Gasteiger partial charge in [0.15, 0.2) is 0 Å². The van der Waals surface area contributed by atoms with Crippen molar-refractivity contribution in [3.8, 4) is 0 Å². The molecule has 0 radical (unpaired) electrons. The van der Waals surface area contributed by atoms with Crippen molar-refractivity contribution in [1.82, 2.24) is 0 Å². The Morgan fingerprint density at radius 2 is 0.500 bits per heavy atom. The van der Waals surface area contributed by atoms with Crippen LogP contribution in [0.4, 0.5) is 0 Å². The molecule has 0 unspecified atom stereocenters. The number of rotatable bonds is 24. The van der Waals surface area contributed by atoms with Crippen LogP contribution in [0, 0.1) is 0 Å². The molecule has 0 heterocycles. The molecule has 0 saturated heterocycles. The molecule has 0 aromatic rings. The van der Waals surface area contributed by atoms with Crippen molar-refractivity contribution in [3.63, 3.8) is 0 Å². The molecule has 0 bridgehead atoms. The van der Waals surface area contributed by atoms with E-state index in [0.717, 1.165) is 0 Å². The largest absolute Gasteiger partial charge is 0.0885 e. The highest BCUT2D eigenvalue weighted by molar-refractivity contribution is 4.81. The second-order valence-corrected chi connectivity index (χ2v) is 9.12. The van der Waals surface area contributed by atoms with Crippen LogP contribution >= 0.6 is 0 Å². The highest BCUT2D eigenvalue weighted by atomic mass is 14.0. The molecule has 0 N–H and O–H groups in total. The highest BCUT2D eigenvalue weighted by Crippen LogP contribution is 2.13. The topological polar surface area (TPSA) is 0 Å². The quantitative estimate of drug-likeness (QED) is 0.113. The minimum Gasteiger partial charge on any atom is -0.0885 e. The van der Waals surface area contributed by atoms with Crippen LogP contribution in [0.1, 0.15) is 168 Å². The number of unbranched alkanes of at least 4 members (excludes halogenated alkanes) is 22. The van der Waals surface area contributed by atoms with Gasteiger partial charge in [-0.1, -0.05) is 154 Å². The number of allylic oxidation sites excluding steroid dienone is 2. The maximum absolute atomic E-state index is 2.45. The molecule has 0 aromatic carbocycles. The van der Waals surface area contributed by atoms with Gasteiger partial charge in [-0.05, 0) is 25.7 Å². The summed E-state index contributed by atoms with van der Waals surface area (Å²) in [6.45, 7) is 4.60. The molecule has 0 aromatic heterocycles. The fourth-order valence-electron chi connectivity index (χ4n) is 4.09. The molecular weight excluding hydrogens is 336 g/mol. The van der Waals surface area contributed by atoms with E-state index < -0.39 is 0 Å². The molecule has 0 fully saturated rings. The zero-order chi connectivity index (χ0) is 20.4. The van der Waals surface area contributed by atoms with Gasteiger partial charge in [-0.15, -0.1) is 0 Å². The van der Waals surface area contributed by atoms with E-state index in [-0.39, 0.29) is 0 Å². The van der Waals surface area contributed by atoms with E-state index in [1.165, 1.54) is 154 Å². The van der Waals surface area contributed by atoms with Gasteiger partial charge in [0.05, 0.1) is 0 Å². The van der Waals surface area contributed by atoms with Crippen LogP contribution in [-0.4, -0.2) is 0 Å². The number of hydrogen-bond donors (Lipinski definition) is 0. The molecule has 168 valence electrons. The van der Waals surface area contributed by atoms with Crippen LogP contribution in [0.25, 0.3) is 0 Å². The van der Waals surface area contributed by atoms with Gasteiger partial charge in [0.1, 0.15) is 0 Å². The van der Waals surface area contributed by atoms with Crippen LogP contribution in [-0.2, 0) is 0 Å². The Bertz CT molecular complexity index is 278. The summed E-state index contributed by atoms with van der Waals surface area (Å²) in [6, 6.07) is 0. The Kier molecular flexibility index (Phi) is 26.5. The zero-order valence-corrected chi connectivity index (χ0v) is 20.1. The summed E-state index contributed by atoms with van der Waals surface area (Å²) in [5.74, 6) is 0. The summed E-state index contributed by atoms with van der Waals surface area (Å²) in [5.41, 5.74) is 0. The summed E-state index contributed by atoms with van der Waals surface area (Å²) in [7, 11) is 0. The minimum absolute atomic E-state index is 1.31. The van der Waals surface area contributed by atoms with E-state index >= 15 is 0 Å². The number of hydrogen-bond acceptors (Lipinski definition) is 0. The maximum atomic E-state index is 2.45. The first-order chi connectivity index (χ1) is 13.9. The second-order valence-electron chi connectivity index (χ2n) is 9.12. The van der Waals surface area contributed by atoms with E-state index in [0.29, 0.717) is 0 Å². The molecule has 0 atom stereocenters. The Balaban J connectivity index is 3.05. The van der Waals surface area contributed by atoms with Gasteiger partial charge >= 0.3 is 0 Å². The minimum atomic E-state index is 1.31. The summed E-state index contributed by atoms with van der Waals surface area (Å²) in [5, 5.41) is 0. The van der Waals surface area contributed by atoms with Crippen molar-refractivity contribution < 1.29 is 0 Å². The lowest BCUT2D eigenvalue weighted by molar-refractivity contribution is 0.544. The first-order valence-corrected chi connectivity index (χ1v) is 13.6. The van der Waals surface area contributed by atoms with Gasteiger partial charge in [0.2, 0.25) is 0 Å². The van der Waals surface area contributed by atoms with E-state index in [2.05, 4.69) is 26.0 Å².